The van der Waals surface area contributed by atoms with Crippen molar-refractivity contribution in [2.75, 3.05) is 0 Å². The van der Waals surface area contributed by atoms with Gasteiger partial charge in [0, 0.05) is 23.6 Å². The number of furan rings is 1. The van der Waals surface area contributed by atoms with Crippen LogP contribution in [-0.4, -0.2) is 17.3 Å². The van der Waals surface area contributed by atoms with Crippen molar-refractivity contribution in [2.45, 2.75) is 98.3 Å². The van der Waals surface area contributed by atoms with E-state index in [1.165, 1.54) is 32.1 Å². The minimum Gasteiger partial charge on any atom is -0.472 e. The van der Waals surface area contributed by atoms with Crippen LogP contribution in [0.5, 0.6) is 0 Å². The second kappa shape index (κ2) is 8.29. The summed E-state index contributed by atoms with van der Waals surface area (Å²) in [5.74, 6) is 2.32. The molecule has 3 nitrogen and oxygen atoms in total. The number of hydrogen-bond acceptors (Lipinski definition) is 3. The van der Waals surface area contributed by atoms with Crippen LogP contribution in [0.1, 0.15) is 85.1 Å². The topological polar surface area (TPSA) is 45.4 Å². The van der Waals surface area contributed by atoms with Gasteiger partial charge >= 0.3 is 0 Å². The van der Waals surface area contributed by atoms with Crippen molar-refractivity contribution >= 4 is 0 Å². The SMILES string of the molecule is CC(C)CCC[C@@H](C)[C@H]1CC[C@@]2(C)[C@@H](O)[C@@H](NCc3ccoc3)CC[C@]12C. The number of fused-ring (bicyclic) bond motifs is 1. The number of aliphatic hydroxyl groups is 1. The van der Waals surface area contributed by atoms with Gasteiger partial charge in [-0.1, -0.05) is 53.9 Å². The Morgan fingerprint density at radius 1 is 1.15 bits per heavy atom. The number of rotatable bonds is 8. The maximum absolute atomic E-state index is 11.4. The van der Waals surface area contributed by atoms with Crippen molar-refractivity contribution in [1.29, 1.82) is 0 Å². The van der Waals surface area contributed by atoms with Crippen molar-refractivity contribution < 1.29 is 9.52 Å². The second-order valence-corrected chi connectivity index (χ2v) is 10.4. The number of nitrogens with one attached hydrogen (secondary N) is 1. The first-order chi connectivity index (χ1) is 12.8. The van der Waals surface area contributed by atoms with E-state index < -0.39 is 0 Å². The average molecular weight is 376 g/mol. The molecule has 0 radical (unpaired) electrons. The van der Waals surface area contributed by atoms with Gasteiger partial charge in [-0.3, -0.25) is 0 Å². The van der Waals surface area contributed by atoms with Gasteiger partial charge in [-0.2, -0.15) is 0 Å². The van der Waals surface area contributed by atoms with E-state index in [1.54, 1.807) is 12.5 Å². The van der Waals surface area contributed by atoms with Crippen LogP contribution in [0, 0.1) is 28.6 Å². The first-order valence-corrected chi connectivity index (χ1v) is 11.2. The maximum Gasteiger partial charge on any atom is 0.0947 e. The monoisotopic (exact) mass is 375 g/mol. The molecule has 2 N–H and O–H groups in total. The van der Waals surface area contributed by atoms with Crippen LogP contribution in [0.4, 0.5) is 0 Å². The molecular weight excluding hydrogens is 334 g/mol. The molecule has 27 heavy (non-hydrogen) atoms. The third kappa shape index (κ3) is 4.00. The molecule has 2 aliphatic rings. The van der Waals surface area contributed by atoms with Gasteiger partial charge in [0.2, 0.25) is 0 Å². The lowest BCUT2D eigenvalue weighted by Crippen LogP contribution is -2.58. The predicted molar refractivity (Wildman–Crippen MR) is 111 cm³/mol. The van der Waals surface area contributed by atoms with Gasteiger partial charge in [0.15, 0.2) is 0 Å². The summed E-state index contributed by atoms with van der Waals surface area (Å²) in [5, 5.41) is 15.0. The van der Waals surface area contributed by atoms with Crippen LogP contribution in [0.2, 0.25) is 0 Å². The maximum atomic E-state index is 11.4. The fourth-order valence-electron chi connectivity index (χ4n) is 6.31. The summed E-state index contributed by atoms with van der Waals surface area (Å²) in [6.07, 6.45) is 12.0. The van der Waals surface area contributed by atoms with Crippen LogP contribution in [-0.2, 0) is 6.54 Å². The second-order valence-electron chi connectivity index (χ2n) is 10.4. The molecule has 2 fully saturated rings. The highest BCUT2D eigenvalue weighted by Crippen LogP contribution is 2.65. The quantitative estimate of drug-likeness (QED) is 0.605. The molecule has 2 saturated carbocycles. The van der Waals surface area contributed by atoms with Gasteiger partial charge < -0.3 is 14.8 Å². The number of aliphatic hydroxyl groups excluding tert-OH is 1. The van der Waals surface area contributed by atoms with Crippen molar-refractivity contribution in [3.63, 3.8) is 0 Å². The van der Waals surface area contributed by atoms with E-state index in [-0.39, 0.29) is 23.0 Å². The van der Waals surface area contributed by atoms with E-state index >= 15 is 0 Å². The Kier molecular flexibility index (Phi) is 6.42. The molecule has 2 aliphatic carbocycles. The molecule has 1 aromatic rings. The van der Waals surface area contributed by atoms with Gasteiger partial charge in [0.25, 0.3) is 0 Å². The lowest BCUT2D eigenvalue weighted by Gasteiger charge is -2.55. The molecule has 0 spiro atoms. The van der Waals surface area contributed by atoms with Crippen molar-refractivity contribution in [1.82, 2.24) is 5.32 Å². The third-order valence-electron chi connectivity index (χ3n) is 8.38. The van der Waals surface area contributed by atoms with Crippen LogP contribution in [0.15, 0.2) is 23.0 Å². The lowest BCUT2D eigenvalue weighted by molar-refractivity contribution is -0.113. The Hall–Kier alpha value is -0.800. The minimum absolute atomic E-state index is 0.0241. The van der Waals surface area contributed by atoms with Crippen LogP contribution in [0.25, 0.3) is 0 Å². The molecule has 3 heteroatoms. The first-order valence-electron chi connectivity index (χ1n) is 11.2. The Bertz CT molecular complexity index is 583. The normalized spacial score (nSPS) is 37.5. The summed E-state index contributed by atoms with van der Waals surface area (Å²) in [7, 11) is 0. The highest BCUT2D eigenvalue weighted by atomic mass is 16.3. The van der Waals surface area contributed by atoms with Gasteiger partial charge in [-0.15, -0.1) is 0 Å². The summed E-state index contributed by atoms with van der Waals surface area (Å²) >= 11 is 0. The smallest absolute Gasteiger partial charge is 0.0947 e. The third-order valence-corrected chi connectivity index (χ3v) is 8.38. The largest absolute Gasteiger partial charge is 0.472 e. The standard InChI is InChI=1S/C24H41NO2/c1-17(2)7-6-8-18(3)20-9-12-24(5)22(26)21(10-13-23(20,24)4)25-15-19-11-14-27-16-19/h11,14,16-18,20-22,25-26H,6-10,12-13,15H2,1-5H3/t18-,20-,21+,22+,23-,24+/m1/s1. The van der Waals surface area contributed by atoms with Crippen molar-refractivity contribution in [3.8, 4) is 0 Å². The van der Waals surface area contributed by atoms with E-state index in [4.69, 9.17) is 4.42 Å². The molecule has 0 aromatic carbocycles. The lowest BCUT2D eigenvalue weighted by atomic mass is 9.53. The van der Waals surface area contributed by atoms with Gasteiger partial charge in [0.1, 0.15) is 0 Å². The molecule has 0 amide bonds. The first kappa shape index (κ1) is 20.9. The summed E-state index contributed by atoms with van der Waals surface area (Å²) in [4.78, 5) is 0. The highest BCUT2D eigenvalue weighted by molar-refractivity contribution is 5.13. The molecule has 0 saturated heterocycles. The van der Waals surface area contributed by atoms with E-state index in [1.807, 2.05) is 6.07 Å². The summed E-state index contributed by atoms with van der Waals surface area (Å²) in [6.45, 7) is 12.8. The van der Waals surface area contributed by atoms with Crippen molar-refractivity contribution in [2.24, 2.45) is 28.6 Å². The molecule has 0 unspecified atom stereocenters. The van der Waals surface area contributed by atoms with E-state index in [0.717, 1.165) is 42.7 Å². The predicted octanol–water partition coefficient (Wildman–Crippen LogP) is 5.78. The Labute approximate surface area is 166 Å². The fourth-order valence-corrected chi connectivity index (χ4v) is 6.31. The summed E-state index contributed by atoms with van der Waals surface area (Å²) < 4.78 is 5.17. The molecule has 1 aromatic heterocycles. The average Bonchev–Trinajstić information content (AvgIpc) is 3.21. The van der Waals surface area contributed by atoms with Crippen LogP contribution in [0.3, 0.4) is 0 Å². The van der Waals surface area contributed by atoms with Crippen molar-refractivity contribution in [3.05, 3.63) is 24.2 Å². The van der Waals surface area contributed by atoms with Gasteiger partial charge in [0.05, 0.1) is 18.6 Å². The zero-order valence-corrected chi connectivity index (χ0v) is 18.1. The van der Waals surface area contributed by atoms with E-state index in [0.29, 0.717) is 0 Å². The molecule has 3 rings (SSSR count). The minimum atomic E-state index is -0.268. The molecule has 6 atom stereocenters. The summed E-state index contributed by atoms with van der Waals surface area (Å²) in [6, 6.07) is 2.19. The fraction of sp³-hybridized carbons (Fsp3) is 0.833. The molecule has 1 heterocycles. The Balaban J connectivity index is 1.63. The molecular formula is C24H41NO2. The van der Waals surface area contributed by atoms with Gasteiger partial charge in [-0.05, 0) is 54.9 Å². The highest BCUT2D eigenvalue weighted by Gasteiger charge is 2.61. The van der Waals surface area contributed by atoms with E-state index in [9.17, 15) is 5.11 Å². The zero-order chi connectivity index (χ0) is 19.7. The van der Waals surface area contributed by atoms with E-state index in [2.05, 4.69) is 39.9 Å². The molecule has 0 aliphatic heterocycles. The Morgan fingerprint density at radius 2 is 1.89 bits per heavy atom. The molecule has 154 valence electrons. The summed E-state index contributed by atoms with van der Waals surface area (Å²) in [5.41, 5.74) is 1.44. The van der Waals surface area contributed by atoms with Gasteiger partial charge in [-0.25, -0.2) is 0 Å². The van der Waals surface area contributed by atoms with Crippen LogP contribution < -0.4 is 5.32 Å². The zero-order valence-electron chi connectivity index (χ0n) is 18.1. The molecule has 0 bridgehead atoms. The Morgan fingerprint density at radius 3 is 2.56 bits per heavy atom. The number of hydrogen-bond donors (Lipinski definition) is 2. The van der Waals surface area contributed by atoms with Crippen LogP contribution >= 0.6 is 0 Å².